The van der Waals surface area contributed by atoms with Crippen LogP contribution in [0.15, 0.2) is 12.3 Å². The summed E-state index contributed by atoms with van der Waals surface area (Å²) in [5.74, 6) is 5.39. The van der Waals surface area contributed by atoms with Crippen LogP contribution in [0.4, 0.5) is 0 Å². The summed E-state index contributed by atoms with van der Waals surface area (Å²) in [6, 6.07) is 0. The van der Waals surface area contributed by atoms with Crippen LogP contribution >= 0.6 is 0 Å². The number of hydrogen-bond acceptors (Lipinski definition) is 5. The SMILES string of the molecule is NCNC/C=C\N(N)CCO. The van der Waals surface area contributed by atoms with Gasteiger partial charge in [-0.15, -0.1) is 0 Å². The first-order valence-electron chi connectivity index (χ1n) is 3.51. The number of hydrazine groups is 1. The second-order valence-electron chi connectivity index (χ2n) is 2.00. The molecule has 0 aliphatic heterocycles. The summed E-state index contributed by atoms with van der Waals surface area (Å²) < 4.78 is 0. The lowest BCUT2D eigenvalue weighted by Crippen LogP contribution is -2.29. The Bertz CT molecular complexity index is 107. The minimum atomic E-state index is 0.0607. The minimum Gasteiger partial charge on any atom is -0.394 e. The van der Waals surface area contributed by atoms with Crippen LogP contribution in [-0.4, -0.2) is 36.5 Å². The van der Waals surface area contributed by atoms with Gasteiger partial charge < -0.3 is 21.2 Å². The lowest BCUT2D eigenvalue weighted by Gasteiger charge is -2.10. The highest BCUT2D eigenvalue weighted by Crippen LogP contribution is 1.77. The molecular formula is C6H16N4O. The number of rotatable bonds is 6. The predicted octanol–water partition coefficient (Wildman–Crippen LogP) is -1.83. The highest BCUT2D eigenvalue weighted by molar-refractivity contribution is 4.81. The standard InChI is InChI=1S/C6H16N4O/c7-6-9-2-1-3-10(8)4-5-11/h1,3,9,11H,2,4-8H2/b3-1-. The Balaban J connectivity index is 3.24. The zero-order valence-corrected chi connectivity index (χ0v) is 6.53. The molecule has 0 unspecified atom stereocenters. The number of aliphatic hydroxyl groups excluding tert-OH is 1. The largest absolute Gasteiger partial charge is 0.394 e. The molecule has 6 N–H and O–H groups in total. The first kappa shape index (κ1) is 10.4. The number of nitrogens with zero attached hydrogens (tertiary/aromatic N) is 1. The Hall–Kier alpha value is -0.620. The third kappa shape index (κ3) is 7.27. The Morgan fingerprint density at radius 2 is 2.27 bits per heavy atom. The van der Waals surface area contributed by atoms with Gasteiger partial charge in [0.25, 0.3) is 0 Å². The predicted molar refractivity (Wildman–Crippen MR) is 44.2 cm³/mol. The van der Waals surface area contributed by atoms with Gasteiger partial charge in [-0.1, -0.05) is 6.08 Å². The molecule has 5 heteroatoms. The molecular weight excluding hydrogens is 144 g/mol. The maximum absolute atomic E-state index is 8.45. The molecule has 0 aromatic carbocycles. The van der Waals surface area contributed by atoms with Crippen LogP contribution in [0.1, 0.15) is 0 Å². The van der Waals surface area contributed by atoms with E-state index in [4.69, 9.17) is 16.7 Å². The average molecular weight is 160 g/mol. The molecule has 11 heavy (non-hydrogen) atoms. The Morgan fingerprint density at radius 1 is 1.55 bits per heavy atom. The number of nitrogens with two attached hydrogens (primary N) is 2. The van der Waals surface area contributed by atoms with E-state index < -0.39 is 0 Å². The second kappa shape index (κ2) is 7.49. The molecule has 0 fully saturated rings. The Labute approximate surface area is 66.6 Å². The zero-order valence-electron chi connectivity index (χ0n) is 6.53. The number of aliphatic hydroxyl groups is 1. The van der Waals surface area contributed by atoms with Gasteiger partial charge in [0.15, 0.2) is 0 Å². The first-order valence-corrected chi connectivity index (χ1v) is 3.51. The third-order valence-corrected chi connectivity index (χ3v) is 1.06. The van der Waals surface area contributed by atoms with E-state index >= 15 is 0 Å². The van der Waals surface area contributed by atoms with Crippen molar-refractivity contribution in [3.8, 4) is 0 Å². The van der Waals surface area contributed by atoms with E-state index in [1.165, 1.54) is 5.01 Å². The van der Waals surface area contributed by atoms with Gasteiger partial charge in [-0.25, -0.2) is 5.84 Å². The van der Waals surface area contributed by atoms with E-state index in [2.05, 4.69) is 5.32 Å². The van der Waals surface area contributed by atoms with Crippen molar-refractivity contribution in [1.82, 2.24) is 10.3 Å². The molecule has 0 rings (SSSR count). The lowest BCUT2D eigenvalue weighted by molar-refractivity contribution is 0.239. The fourth-order valence-electron chi connectivity index (χ4n) is 0.545. The van der Waals surface area contributed by atoms with Gasteiger partial charge in [-0.3, -0.25) is 0 Å². The smallest absolute Gasteiger partial charge is 0.0622 e. The summed E-state index contributed by atoms with van der Waals surface area (Å²) in [6.07, 6.45) is 3.53. The Kier molecular flexibility index (Phi) is 7.06. The van der Waals surface area contributed by atoms with Crippen molar-refractivity contribution in [2.75, 3.05) is 26.4 Å². The van der Waals surface area contributed by atoms with E-state index in [0.29, 0.717) is 19.8 Å². The first-order chi connectivity index (χ1) is 5.31. The normalized spacial score (nSPS) is 10.8. The maximum Gasteiger partial charge on any atom is 0.0622 e. The third-order valence-electron chi connectivity index (χ3n) is 1.06. The van der Waals surface area contributed by atoms with Crippen LogP contribution < -0.4 is 16.9 Å². The Morgan fingerprint density at radius 3 is 2.82 bits per heavy atom. The van der Waals surface area contributed by atoms with E-state index in [0.717, 1.165) is 0 Å². The van der Waals surface area contributed by atoms with Gasteiger partial charge in [-0.05, 0) is 0 Å². The summed E-state index contributed by atoms with van der Waals surface area (Å²) in [6.45, 7) is 1.65. The molecule has 5 nitrogen and oxygen atoms in total. The fraction of sp³-hybridized carbons (Fsp3) is 0.667. The fourth-order valence-corrected chi connectivity index (χ4v) is 0.545. The van der Waals surface area contributed by atoms with Crippen molar-refractivity contribution >= 4 is 0 Å². The molecule has 0 aliphatic rings. The molecule has 0 atom stereocenters. The second-order valence-corrected chi connectivity index (χ2v) is 2.00. The van der Waals surface area contributed by atoms with Crippen LogP contribution in [-0.2, 0) is 0 Å². The highest BCUT2D eigenvalue weighted by Gasteiger charge is 1.86. The highest BCUT2D eigenvalue weighted by atomic mass is 16.3. The molecule has 0 spiro atoms. The number of nitrogens with one attached hydrogen (secondary N) is 1. The van der Waals surface area contributed by atoms with Crippen molar-refractivity contribution in [3.05, 3.63) is 12.3 Å². The van der Waals surface area contributed by atoms with Crippen molar-refractivity contribution in [2.24, 2.45) is 11.6 Å². The summed E-state index contributed by atoms with van der Waals surface area (Å²) in [4.78, 5) is 0. The summed E-state index contributed by atoms with van der Waals surface area (Å²) in [7, 11) is 0. The van der Waals surface area contributed by atoms with Crippen LogP contribution in [0.2, 0.25) is 0 Å². The molecule has 66 valence electrons. The topological polar surface area (TPSA) is 87.5 Å². The monoisotopic (exact) mass is 160 g/mol. The molecule has 0 aromatic rings. The lowest BCUT2D eigenvalue weighted by atomic mass is 10.5. The molecule has 0 aliphatic carbocycles. The van der Waals surface area contributed by atoms with Crippen molar-refractivity contribution in [2.45, 2.75) is 0 Å². The minimum absolute atomic E-state index is 0.0607. The number of hydrogen-bond donors (Lipinski definition) is 4. The van der Waals surface area contributed by atoms with E-state index in [-0.39, 0.29) is 6.61 Å². The van der Waals surface area contributed by atoms with Crippen molar-refractivity contribution in [3.63, 3.8) is 0 Å². The van der Waals surface area contributed by atoms with Crippen molar-refractivity contribution in [1.29, 1.82) is 0 Å². The zero-order chi connectivity index (χ0) is 8.53. The summed E-state index contributed by atoms with van der Waals surface area (Å²) >= 11 is 0. The van der Waals surface area contributed by atoms with Gasteiger partial charge in [-0.2, -0.15) is 0 Å². The van der Waals surface area contributed by atoms with E-state index in [1.807, 2.05) is 6.08 Å². The summed E-state index contributed by atoms with van der Waals surface area (Å²) in [5.41, 5.74) is 5.17. The van der Waals surface area contributed by atoms with Crippen LogP contribution in [0.5, 0.6) is 0 Å². The van der Waals surface area contributed by atoms with E-state index in [9.17, 15) is 0 Å². The van der Waals surface area contributed by atoms with Gasteiger partial charge in [0.05, 0.1) is 13.2 Å². The van der Waals surface area contributed by atoms with Crippen LogP contribution in [0.3, 0.4) is 0 Å². The van der Waals surface area contributed by atoms with Crippen LogP contribution in [0.25, 0.3) is 0 Å². The molecule has 0 saturated heterocycles. The molecule has 0 bridgehead atoms. The van der Waals surface area contributed by atoms with Gasteiger partial charge in [0.1, 0.15) is 0 Å². The summed E-state index contributed by atoms with van der Waals surface area (Å²) in [5, 5.41) is 12.8. The molecule has 0 heterocycles. The molecule has 0 radical (unpaired) electrons. The maximum atomic E-state index is 8.45. The quantitative estimate of drug-likeness (QED) is 0.159. The average Bonchev–Trinajstić information content (AvgIpc) is 1.99. The van der Waals surface area contributed by atoms with E-state index in [1.54, 1.807) is 6.20 Å². The molecule has 0 aromatic heterocycles. The van der Waals surface area contributed by atoms with Gasteiger partial charge >= 0.3 is 0 Å². The van der Waals surface area contributed by atoms with Gasteiger partial charge in [0, 0.05) is 19.4 Å². The molecule has 0 amide bonds. The van der Waals surface area contributed by atoms with Gasteiger partial charge in [0.2, 0.25) is 0 Å². The molecule has 0 saturated carbocycles. The van der Waals surface area contributed by atoms with Crippen LogP contribution in [0, 0.1) is 0 Å². The van der Waals surface area contributed by atoms with Crippen molar-refractivity contribution < 1.29 is 5.11 Å².